The lowest BCUT2D eigenvalue weighted by Gasteiger charge is -2.32. The SMILES string of the molecule is O=C(NCC1CCOC1C(=O)NC(C(=O)O)C1CCC1)OCC1c2ccccc2-c2ccccc21. The summed E-state index contributed by atoms with van der Waals surface area (Å²) in [6, 6.07) is 15.4. The van der Waals surface area contributed by atoms with Crippen molar-refractivity contribution in [2.75, 3.05) is 19.8 Å². The molecular formula is C27H30N2O6. The van der Waals surface area contributed by atoms with Crippen LogP contribution in [0.5, 0.6) is 0 Å². The van der Waals surface area contributed by atoms with E-state index in [-0.39, 0.29) is 30.9 Å². The molecule has 184 valence electrons. The second-order valence-corrected chi connectivity index (χ2v) is 9.56. The van der Waals surface area contributed by atoms with E-state index in [0.29, 0.717) is 13.0 Å². The molecule has 2 fully saturated rings. The molecule has 2 aromatic rings. The zero-order valence-corrected chi connectivity index (χ0v) is 19.4. The van der Waals surface area contributed by atoms with Gasteiger partial charge in [0.05, 0.1) is 0 Å². The molecule has 3 N–H and O–H groups in total. The fourth-order valence-corrected chi connectivity index (χ4v) is 5.39. The number of fused-ring (bicyclic) bond motifs is 3. The van der Waals surface area contributed by atoms with E-state index in [0.717, 1.165) is 41.5 Å². The normalized spacial score (nSPS) is 21.9. The smallest absolute Gasteiger partial charge is 0.407 e. The molecule has 0 radical (unpaired) electrons. The number of carboxylic acids is 1. The highest BCUT2D eigenvalue weighted by molar-refractivity contribution is 5.87. The zero-order chi connectivity index (χ0) is 24.4. The first kappa shape index (κ1) is 23.4. The van der Waals surface area contributed by atoms with E-state index in [1.54, 1.807) is 0 Å². The monoisotopic (exact) mass is 478 g/mol. The Labute approximate surface area is 204 Å². The highest BCUT2D eigenvalue weighted by Crippen LogP contribution is 2.44. The van der Waals surface area contributed by atoms with Crippen LogP contribution >= 0.6 is 0 Å². The molecule has 3 atom stereocenters. The number of amides is 2. The van der Waals surface area contributed by atoms with Crippen LogP contribution in [0, 0.1) is 11.8 Å². The van der Waals surface area contributed by atoms with Crippen molar-refractivity contribution >= 4 is 18.0 Å². The third-order valence-electron chi connectivity index (χ3n) is 7.51. The number of benzene rings is 2. The average molecular weight is 479 g/mol. The number of rotatable bonds is 8. The van der Waals surface area contributed by atoms with E-state index in [9.17, 15) is 19.5 Å². The first-order valence-electron chi connectivity index (χ1n) is 12.3. The molecule has 0 bridgehead atoms. The third kappa shape index (κ3) is 4.75. The minimum absolute atomic E-state index is 0.0269. The van der Waals surface area contributed by atoms with E-state index >= 15 is 0 Å². The van der Waals surface area contributed by atoms with E-state index < -0.39 is 30.1 Å². The molecule has 5 rings (SSSR count). The predicted octanol–water partition coefficient (Wildman–Crippen LogP) is 3.30. The van der Waals surface area contributed by atoms with Gasteiger partial charge in [0.2, 0.25) is 5.91 Å². The molecule has 1 saturated carbocycles. The molecule has 8 heteroatoms. The zero-order valence-electron chi connectivity index (χ0n) is 19.4. The van der Waals surface area contributed by atoms with E-state index in [2.05, 4.69) is 34.9 Å². The van der Waals surface area contributed by atoms with Crippen LogP contribution < -0.4 is 10.6 Å². The molecule has 0 aromatic heterocycles. The van der Waals surface area contributed by atoms with Gasteiger partial charge in [-0.3, -0.25) is 4.79 Å². The van der Waals surface area contributed by atoms with Gasteiger partial charge in [0, 0.05) is 25.0 Å². The summed E-state index contributed by atoms with van der Waals surface area (Å²) in [6.45, 7) is 0.818. The largest absolute Gasteiger partial charge is 0.480 e. The molecule has 8 nitrogen and oxygen atoms in total. The van der Waals surface area contributed by atoms with Crippen LogP contribution in [0.4, 0.5) is 4.79 Å². The number of ether oxygens (including phenoxy) is 2. The van der Waals surface area contributed by atoms with Crippen molar-refractivity contribution in [3.8, 4) is 11.1 Å². The maximum absolute atomic E-state index is 12.7. The van der Waals surface area contributed by atoms with Gasteiger partial charge < -0.3 is 25.2 Å². The van der Waals surface area contributed by atoms with Crippen molar-refractivity contribution in [3.63, 3.8) is 0 Å². The quantitative estimate of drug-likeness (QED) is 0.537. The number of aliphatic carboxylic acids is 1. The van der Waals surface area contributed by atoms with Crippen molar-refractivity contribution in [1.82, 2.24) is 10.6 Å². The molecule has 1 aliphatic heterocycles. The van der Waals surface area contributed by atoms with Gasteiger partial charge in [-0.25, -0.2) is 9.59 Å². The summed E-state index contributed by atoms with van der Waals surface area (Å²) >= 11 is 0. The summed E-state index contributed by atoms with van der Waals surface area (Å²) in [6.07, 6.45) is 1.85. The summed E-state index contributed by atoms with van der Waals surface area (Å²) in [5.74, 6) is -1.75. The second-order valence-electron chi connectivity index (χ2n) is 9.56. The average Bonchev–Trinajstić information content (AvgIpc) is 3.42. The van der Waals surface area contributed by atoms with Crippen LogP contribution in [-0.4, -0.2) is 55.0 Å². The van der Waals surface area contributed by atoms with Crippen molar-refractivity contribution in [2.24, 2.45) is 11.8 Å². The van der Waals surface area contributed by atoms with Gasteiger partial charge in [-0.2, -0.15) is 0 Å². The van der Waals surface area contributed by atoms with Gasteiger partial charge in [0.15, 0.2) is 0 Å². The predicted molar refractivity (Wildman–Crippen MR) is 128 cm³/mol. The number of nitrogens with one attached hydrogen (secondary N) is 2. The summed E-state index contributed by atoms with van der Waals surface area (Å²) in [4.78, 5) is 36.8. The van der Waals surface area contributed by atoms with Gasteiger partial charge in [0.1, 0.15) is 18.8 Å². The highest BCUT2D eigenvalue weighted by atomic mass is 16.5. The summed E-state index contributed by atoms with van der Waals surface area (Å²) in [5.41, 5.74) is 4.61. The standard InChI is InChI=1S/C27H30N2O6/c30-25(29-23(26(31)32)16-6-5-7-16)24-17(12-13-34-24)14-28-27(33)35-15-22-20-10-3-1-8-18(20)19-9-2-4-11-21(19)22/h1-4,8-11,16-17,22-24H,5-7,12-15H2,(H,28,33)(H,29,30)(H,31,32). The first-order chi connectivity index (χ1) is 17.0. The molecule has 35 heavy (non-hydrogen) atoms. The van der Waals surface area contributed by atoms with Crippen LogP contribution in [0.25, 0.3) is 11.1 Å². The van der Waals surface area contributed by atoms with Crippen LogP contribution in [0.15, 0.2) is 48.5 Å². The van der Waals surface area contributed by atoms with Gasteiger partial charge >= 0.3 is 12.1 Å². The highest BCUT2D eigenvalue weighted by Gasteiger charge is 2.39. The molecule has 2 aromatic carbocycles. The Balaban J connectivity index is 1.14. The number of carboxylic acid groups (broad SMARTS) is 1. The molecule has 3 aliphatic rings. The Morgan fingerprint density at radius 3 is 2.26 bits per heavy atom. The lowest BCUT2D eigenvalue weighted by molar-refractivity contribution is -0.146. The van der Waals surface area contributed by atoms with Crippen molar-refractivity contribution in [2.45, 2.75) is 43.7 Å². The summed E-state index contributed by atoms with van der Waals surface area (Å²) < 4.78 is 11.2. The van der Waals surface area contributed by atoms with E-state index in [1.807, 2.05) is 24.3 Å². The van der Waals surface area contributed by atoms with Crippen molar-refractivity contribution in [1.29, 1.82) is 0 Å². The minimum atomic E-state index is -1.02. The Bertz CT molecular complexity index is 1070. The third-order valence-corrected chi connectivity index (χ3v) is 7.51. The maximum atomic E-state index is 12.7. The number of hydrogen-bond donors (Lipinski definition) is 3. The fraction of sp³-hybridized carbons (Fsp3) is 0.444. The lowest BCUT2D eigenvalue weighted by atomic mass is 9.79. The molecule has 2 amide bonds. The van der Waals surface area contributed by atoms with Gasteiger partial charge in [-0.1, -0.05) is 55.0 Å². The lowest BCUT2D eigenvalue weighted by Crippen LogP contribution is -2.52. The number of hydrogen-bond acceptors (Lipinski definition) is 5. The molecule has 3 unspecified atom stereocenters. The van der Waals surface area contributed by atoms with Crippen LogP contribution in [0.3, 0.4) is 0 Å². The summed E-state index contributed by atoms with van der Waals surface area (Å²) in [5, 5.41) is 14.9. The number of carbonyl (C=O) groups excluding carboxylic acids is 2. The second kappa shape index (κ2) is 10.1. The van der Waals surface area contributed by atoms with Crippen LogP contribution in [0.2, 0.25) is 0 Å². The van der Waals surface area contributed by atoms with Crippen molar-refractivity contribution < 1.29 is 29.0 Å². The maximum Gasteiger partial charge on any atom is 0.407 e. The van der Waals surface area contributed by atoms with E-state index in [4.69, 9.17) is 9.47 Å². The van der Waals surface area contributed by atoms with Gasteiger partial charge in [0.25, 0.3) is 0 Å². The summed E-state index contributed by atoms with van der Waals surface area (Å²) in [7, 11) is 0. The van der Waals surface area contributed by atoms with Crippen molar-refractivity contribution in [3.05, 3.63) is 59.7 Å². The minimum Gasteiger partial charge on any atom is -0.480 e. The Kier molecular flexibility index (Phi) is 6.72. The fourth-order valence-electron chi connectivity index (χ4n) is 5.39. The number of alkyl carbamates (subject to hydrolysis) is 1. The van der Waals surface area contributed by atoms with Crippen LogP contribution in [0.1, 0.15) is 42.7 Å². The molecule has 2 aliphatic carbocycles. The Morgan fingerprint density at radius 1 is 1.00 bits per heavy atom. The first-order valence-corrected chi connectivity index (χ1v) is 12.3. The Hall–Kier alpha value is -3.39. The van der Waals surface area contributed by atoms with Gasteiger partial charge in [-0.05, 0) is 47.4 Å². The van der Waals surface area contributed by atoms with E-state index in [1.165, 1.54) is 0 Å². The molecule has 0 spiro atoms. The molecular weight excluding hydrogens is 448 g/mol. The number of carbonyl (C=O) groups is 3. The topological polar surface area (TPSA) is 114 Å². The van der Waals surface area contributed by atoms with Gasteiger partial charge in [-0.15, -0.1) is 0 Å². The molecule has 1 saturated heterocycles. The molecule has 1 heterocycles. The van der Waals surface area contributed by atoms with Crippen LogP contribution in [-0.2, 0) is 19.1 Å². The Morgan fingerprint density at radius 2 is 1.66 bits per heavy atom.